The maximum atomic E-state index is 14.9. The molecule has 5 nitrogen and oxygen atoms in total. The van der Waals surface area contributed by atoms with Gasteiger partial charge in [0.2, 0.25) is 11.8 Å². The number of hydrogen-bond acceptors (Lipinski definition) is 3. The molecule has 0 bridgehead atoms. The van der Waals surface area contributed by atoms with E-state index in [4.69, 9.17) is 16.3 Å². The molecule has 204 valence electrons. The number of benzene rings is 2. The van der Waals surface area contributed by atoms with Crippen LogP contribution in [0, 0.1) is 11.2 Å². The molecular weight excluding hydrogens is 503 g/mol. The number of amides is 2. The van der Waals surface area contributed by atoms with Gasteiger partial charge in [-0.3, -0.25) is 9.59 Å². The van der Waals surface area contributed by atoms with Gasteiger partial charge in [0.25, 0.3) is 0 Å². The number of piperidine rings is 2. The Labute approximate surface area is 230 Å². The van der Waals surface area contributed by atoms with Crippen LogP contribution < -0.4 is 4.74 Å². The van der Waals surface area contributed by atoms with E-state index in [-0.39, 0.29) is 23.0 Å². The first kappa shape index (κ1) is 27.0. The van der Waals surface area contributed by atoms with Gasteiger partial charge < -0.3 is 14.5 Å². The zero-order valence-corrected chi connectivity index (χ0v) is 22.9. The number of likely N-dealkylation sites (tertiary alicyclic amines) is 2. The predicted molar refractivity (Wildman–Crippen MR) is 147 cm³/mol. The summed E-state index contributed by atoms with van der Waals surface area (Å²) in [5.41, 5.74) is -0.605. The lowest BCUT2D eigenvalue weighted by atomic mass is 9.73. The fourth-order valence-electron chi connectivity index (χ4n) is 6.63. The van der Waals surface area contributed by atoms with Gasteiger partial charge in [0.15, 0.2) is 0 Å². The number of rotatable bonds is 7. The fourth-order valence-corrected chi connectivity index (χ4v) is 6.75. The van der Waals surface area contributed by atoms with Crippen LogP contribution in [0.2, 0.25) is 5.02 Å². The smallest absolute Gasteiger partial charge is 0.233 e. The molecule has 3 aliphatic rings. The van der Waals surface area contributed by atoms with E-state index in [2.05, 4.69) is 0 Å². The van der Waals surface area contributed by atoms with Crippen LogP contribution in [0.1, 0.15) is 69.8 Å². The predicted octanol–water partition coefficient (Wildman–Crippen LogP) is 6.38. The lowest BCUT2D eigenvalue weighted by Crippen LogP contribution is -2.53. The molecule has 0 N–H and O–H groups in total. The van der Waals surface area contributed by atoms with Gasteiger partial charge in [-0.05, 0) is 75.3 Å². The van der Waals surface area contributed by atoms with Crippen LogP contribution >= 0.6 is 11.6 Å². The van der Waals surface area contributed by atoms with Gasteiger partial charge in [0.05, 0.1) is 12.0 Å². The highest BCUT2D eigenvalue weighted by Gasteiger charge is 2.48. The van der Waals surface area contributed by atoms with Crippen LogP contribution in [0.4, 0.5) is 4.39 Å². The SMILES string of the molecule is O=C(CC1(COc2ccc(Cl)cc2)CCN(C(=O)C2(c3ccccc3F)CCCC2)CC1)N1CCCCC1. The van der Waals surface area contributed by atoms with Crippen molar-refractivity contribution in [3.63, 3.8) is 0 Å². The number of hydrogen-bond donors (Lipinski definition) is 0. The van der Waals surface area contributed by atoms with Crippen molar-refractivity contribution >= 4 is 23.4 Å². The molecule has 38 heavy (non-hydrogen) atoms. The van der Waals surface area contributed by atoms with Gasteiger partial charge in [-0.2, -0.15) is 0 Å². The molecular formula is C31H38ClFN2O3. The molecule has 2 aromatic carbocycles. The average Bonchev–Trinajstić information content (AvgIpc) is 3.45. The van der Waals surface area contributed by atoms with Gasteiger partial charge in [0, 0.05) is 48.6 Å². The molecule has 3 fully saturated rings. The van der Waals surface area contributed by atoms with E-state index in [1.165, 1.54) is 12.5 Å². The molecule has 2 heterocycles. The lowest BCUT2D eigenvalue weighted by molar-refractivity contribution is -0.142. The van der Waals surface area contributed by atoms with E-state index in [1.807, 2.05) is 28.0 Å². The molecule has 1 saturated carbocycles. The third-order valence-corrected chi connectivity index (χ3v) is 9.21. The van der Waals surface area contributed by atoms with Crippen LogP contribution in [0.5, 0.6) is 5.75 Å². The monoisotopic (exact) mass is 540 g/mol. The van der Waals surface area contributed by atoms with Crippen molar-refractivity contribution < 1.29 is 18.7 Å². The summed E-state index contributed by atoms with van der Waals surface area (Å²) in [6.07, 6.45) is 8.28. The fraction of sp³-hybridized carbons (Fsp3) is 0.548. The molecule has 2 amide bonds. The second-order valence-electron chi connectivity index (χ2n) is 11.4. The summed E-state index contributed by atoms with van der Waals surface area (Å²) in [4.78, 5) is 31.3. The molecule has 0 spiro atoms. The van der Waals surface area contributed by atoms with Crippen molar-refractivity contribution in [1.82, 2.24) is 9.80 Å². The first-order chi connectivity index (χ1) is 18.4. The van der Waals surface area contributed by atoms with E-state index >= 15 is 0 Å². The topological polar surface area (TPSA) is 49.9 Å². The van der Waals surface area contributed by atoms with Crippen molar-refractivity contribution in [1.29, 1.82) is 0 Å². The Hall–Kier alpha value is -2.60. The Morgan fingerprint density at radius 2 is 1.47 bits per heavy atom. The number of carbonyl (C=O) groups is 2. The second kappa shape index (κ2) is 11.6. The van der Waals surface area contributed by atoms with Gasteiger partial charge in [0.1, 0.15) is 11.6 Å². The molecule has 0 unspecified atom stereocenters. The zero-order valence-electron chi connectivity index (χ0n) is 22.1. The maximum Gasteiger partial charge on any atom is 0.233 e. The molecule has 0 radical (unpaired) electrons. The normalized spacial score (nSPS) is 20.8. The summed E-state index contributed by atoms with van der Waals surface area (Å²) in [5, 5.41) is 0.648. The number of ether oxygens (including phenoxy) is 1. The summed E-state index contributed by atoms with van der Waals surface area (Å²) < 4.78 is 21.1. The van der Waals surface area contributed by atoms with E-state index < -0.39 is 5.41 Å². The van der Waals surface area contributed by atoms with Crippen LogP contribution in [0.15, 0.2) is 48.5 Å². The highest BCUT2D eigenvalue weighted by atomic mass is 35.5. The molecule has 2 aliphatic heterocycles. The number of carbonyl (C=O) groups excluding carboxylic acids is 2. The van der Waals surface area contributed by atoms with Crippen molar-refractivity contribution in [3.05, 3.63) is 64.9 Å². The van der Waals surface area contributed by atoms with Crippen molar-refractivity contribution in [2.75, 3.05) is 32.8 Å². The minimum Gasteiger partial charge on any atom is -0.493 e. The molecule has 7 heteroatoms. The summed E-state index contributed by atoms with van der Waals surface area (Å²) >= 11 is 6.04. The number of halogens is 2. The van der Waals surface area contributed by atoms with Crippen molar-refractivity contribution in [2.24, 2.45) is 5.41 Å². The summed E-state index contributed by atoms with van der Waals surface area (Å²) in [6.45, 7) is 3.15. The van der Waals surface area contributed by atoms with Crippen LogP contribution in [0.3, 0.4) is 0 Å². The summed E-state index contributed by atoms with van der Waals surface area (Å²) in [7, 11) is 0. The highest BCUT2D eigenvalue weighted by Crippen LogP contribution is 2.45. The van der Waals surface area contributed by atoms with Gasteiger partial charge in [-0.25, -0.2) is 4.39 Å². The standard InChI is InChI=1S/C31H38ClFN2O3/c32-24-10-12-25(13-11-24)38-23-30(22-28(36)34-18-6-1-7-19-34)16-20-35(21-17-30)29(37)31(14-4-5-15-31)26-8-2-3-9-27(26)33/h2-3,8-13H,1,4-7,14-23H2. The molecule has 2 aromatic rings. The average molecular weight is 541 g/mol. The Morgan fingerprint density at radius 3 is 2.13 bits per heavy atom. The van der Waals surface area contributed by atoms with Gasteiger partial charge >= 0.3 is 0 Å². The molecule has 0 atom stereocenters. The molecule has 2 saturated heterocycles. The maximum absolute atomic E-state index is 14.9. The number of nitrogens with zero attached hydrogens (tertiary/aromatic N) is 2. The molecule has 1 aliphatic carbocycles. The van der Waals surface area contributed by atoms with Crippen molar-refractivity contribution in [3.8, 4) is 5.75 Å². The van der Waals surface area contributed by atoms with Crippen LogP contribution in [-0.4, -0.2) is 54.4 Å². The third kappa shape index (κ3) is 5.70. The zero-order chi connectivity index (χ0) is 26.6. The Bertz CT molecular complexity index is 1120. The summed E-state index contributed by atoms with van der Waals surface area (Å²) in [5.74, 6) is 0.650. The van der Waals surface area contributed by atoms with Crippen LogP contribution in [-0.2, 0) is 15.0 Å². The Kier molecular flexibility index (Phi) is 8.27. The molecule has 0 aromatic heterocycles. The minimum absolute atomic E-state index is 0.0367. The van der Waals surface area contributed by atoms with Crippen LogP contribution in [0.25, 0.3) is 0 Å². The van der Waals surface area contributed by atoms with E-state index in [0.29, 0.717) is 62.4 Å². The summed E-state index contributed by atoms with van der Waals surface area (Å²) in [6, 6.07) is 14.0. The minimum atomic E-state index is -0.783. The van der Waals surface area contributed by atoms with Crippen molar-refractivity contribution in [2.45, 2.75) is 69.6 Å². The second-order valence-corrected chi connectivity index (χ2v) is 11.9. The van der Waals surface area contributed by atoms with E-state index in [9.17, 15) is 14.0 Å². The largest absolute Gasteiger partial charge is 0.493 e. The van der Waals surface area contributed by atoms with E-state index in [0.717, 1.165) is 44.5 Å². The van der Waals surface area contributed by atoms with Gasteiger partial charge in [-0.15, -0.1) is 0 Å². The lowest BCUT2D eigenvalue weighted by Gasteiger charge is -2.44. The van der Waals surface area contributed by atoms with E-state index in [1.54, 1.807) is 24.3 Å². The Morgan fingerprint density at radius 1 is 0.816 bits per heavy atom. The third-order valence-electron chi connectivity index (χ3n) is 8.96. The first-order valence-electron chi connectivity index (χ1n) is 14.1. The first-order valence-corrected chi connectivity index (χ1v) is 14.5. The van der Waals surface area contributed by atoms with Gasteiger partial charge in [-0.1, -0.05) is 42.6 Å². The quantitative estimate of drug-likeness (QED) is 0.409. The Balaban J connectivity index is 1.32. The molecule has 5 rings (SSSR count). The highest BCUT2D eigenvalue weighted by molar-refractivity contribution is 6.30.